The number of para-hydroxylation sites is 1. The Labute approximate surface area is 140 Å². The van der Waals surface area contributed by atoms with E-state index in [-0.39, 0.29) is 0 Å². The van der Waals surface area contributed by atoms with Crippen molar-refractivity contribution in [1.82, 2.24) is 15.6 Å². The van der Waals surface area contributed by atoms with Gasteiger partial charge >= 0.3 is 0 Å². The Kier molecular flexibility index (Phi) is 5.21. The molecule has 0 bridgehead atoms. The molecule has 2 aromatic heterocycles. The first-order valence-electron chi connectivity index (χ1n) is 7.66. The Balaban J connectivity index is 1.57. The number of benzene rings is 1. The zero-order chi connectivity index (χ0) is 15.9. The first-order valence-corrected chi connectivity index (χ1v) is 8.54. The van der Waals surface area contributed by atoms with Crippen LogP contribution in [0.5, 0.6) is 0 Å². The maximum absolute atomic E-state index is 4.39. The van der Waals surface area contributed by atoms with Crippen LogP contribution in [0, 0.1) is 0 Å². The van der Waals surface area contributed by atoms with E-state index in [2.05, 4.69) is 44.2 Å². The smallest absolute Gasteiger partial charge is 0.191 e. The summed E-state index contributed by atoms with van der Waals surface area (Å²) in [5.41, 5.74) is 2.24. The van der Waals surface area contributed by atoms with Crippen LogP contribution in [-0.2, 0) is 13.0 Å². The molecule has 0 unspecified atom stereocenters. The van der Waals surface area contributed by atoms with Gasteiger partial charge in [0.1, 0.15) is 0 Å². The van der Waals surface area contributed by atoms with Crippen molar-refractivity contribution >= 4 is 28.2 Å². The van der Waals surface area contributed by atoms with Gasteiger partial charge in [-0.15, -0.1) is 11.3 Å². The molecule has 3 aromatic rings. The number of nitrogens with one attached hydrogen (secondary N) is 2. The SMILES string of the molecule is CN=C(NCCc1cccs1)NCc1ccnc2ccccc12. The minimum atomic E-state index is 0.724. The second kappa shape index (κ2) is 7.74. The molecule has 1 aromatic carbocycles. The second-order valence-corrected chi connectivity index (χ2v) is 6.20. The summed E-state index contributed by atoms with van der Waals surface area (Å²) in [6, 6.07) is 14.5. The monoisotopic (exact) mass is 324 g/mol. The van der Waals surface area contributed by atoms with E-state index in [0.29, 0.717) is 0 Å². The highest BCUT2D eigenvalue weighted by atomic mass is 32.1. The van der Waals surface area contributed by atoms with Crippen LogP contribution in [0.15, 0.2) is 59.0 Å². The quantitative estimate of drug-likeness (QED) is 0.560. The summed E-state index contributed by atoms with van der Waals surface area (Å²) in [4.78, 5) is 10.1. The summed E-state index contributed by atoms with van der Waals surface area (Å²) in [5, 5.41) is 10.0. The minimum absolute atomic E-state index is 0.724. The van der Waals surface area contributed by atoms with Crippen LogP contribution in [0.25, 0.3) is 10.9 Å². The zero-order valence-electron chi connectivity index (χ0n) is 13.1. The number of fused-ring (bicyclic) bond motifs is 1. The van der Waals surface area contributed by atoms with Gasteiger partial charge in [0.05, 0.1) is 5.52 Å². The van der Waals surface area contributed by atoms with Crippen molar-refractivity contribution in [3.8, 4) is 0 Å². The molecule has 0 aliphatic rings. The van der Waals surface area contributed by atoms with Crippen LogP contribution in [0.4, 0.5) is 0 Å². The summed E-state index contributed by atoms with van der Waals surface area (Å²) in [6.45, 7) is 1.60. The maximum atomic E-state index is 4.39. The van der Waals surface area contributed by atoms with Crippen LogP contribution in [0.2, 0.25) is 0 Å². The highest BCUT2D eigenvalue weighted by Crippen LogP contribution is 2.15. The molecule has 0 saturated carbocycles. The number of thiophene rings is 1. The number of hydrogen-bond acceptors (Lipinski definition) is 3. The summed E-state index contributed by atoms with van der Waals surface area (Å²) >= 11 is 1.79. The molecule has 4 nitrogen and oxygen atoms in total. The van der Waals surface area contributed by atoms with Crippen LogP contribution in [-0.4, -0.2) is 24.5 Å². The normalized spacial score (nSPS) is 11.6. The summed E-state index contributed by atoms with van der Waals surface area (Å²) < 4.78 is 0. The van der Waals surface area contributed by atoms with Gasteiger partial charge in [-0.1, -0.05) is 24.3 Å². The van der Waals surface area contributed by atoms with Gasteiger partial charge in [0.25, 0.3) is 0 Å². The fraction of sp³-hybridized carbons (Fsp3) is 0.222. The number of rotatable bonds is 5. The van der Waals surface area contributed by atoms with Gasteiger partial charge < -0.3 is 10.6 Å². The van der Waals surface area contributed by atoms with Crippen LogP contribution < -0.4 is 10.6 Å². The lowest BCUT2D eigenvalue weighted by atomic mass is 10.1. The number of nitrogens with zero attached hydrogens (tertiary/aromatic N) is 2. The van der Waals surface area contributed by atoms with E-state index in [0.717, 1.165) is 31.0 Å². The third-order valence-electron chi connectivity index (χ3n) is 3.65. The Morgan fingerprint density at radius 2 is 2.04 bits per heavy atom. The first-order chi connectivity index (χ1) is 11.4. The average molecular weight is 324 g/mol. The van der Waals surface area contributed by atoms with E-state index in [1.807, 2.05) is 30.5 Å². The Bertz CT molecular complexity index is 775. The minimum Gasteiger partial charge on any atom is -0.356 e. The highest BCUT2D eigenvalue weighted by molar-refractivity contribution is 7.09. The van der Waals surface area contributed by atoms with E-state index in [9.17, 15) is 0 Å². The van der Waals surface area contributed by atoms with Gasteiger partial charge in [0, 0.05) is 36.6 Å². The van der Waals surface area contributed by atoms with Crippen molar-refractivity contribution < 1.29 is 0 Å². The van der Waals surface area contributed by atoms with Crippen molar-refractivity contribution in [2.75, 3.05) is 13.6 Å². The Morgan fingerprint density at radius 3 is 2.87 bits per heavy atom. The van der Waals surface area contributed by atoms with Gasteiger partial charge in [-0.2, -0.15) is 0 Å². The predicted molar refractivity (Wildman–Crippen MR) is 98.0 cm³/mol. The molecule has 2 heterocycles. The molecule has 0 aliphatic heterocycles. The van der Waals surface area contributed by atoms with Gasteiger partial charge in [0.2, 0.25) is 0 Å². The fourth-order valence-corrected chi connectivity index (χ4v) is 3.18. The molecule has 0 atom stereocenters. The van der Waals surface area contributed by atoms with Crippen molar-refractivity contribution in [3.05, 3.63) is 64.5 Å². The topological polar surface area (TPSA) is 49.3 Å². The second-order valence-electron chi connectivity index (χ2n) is 5.17. The summed E-state index contributed by atoms with van der Waals surface area (Å²) in [5.74, 6) is 0.822. The molecule has 118 valence electrons. The molecular formula is C18H20N4S. The lowest BCUT2D eigenvalue weighted by molar-refractivity contribution is 0.801. The average Bonchev–Trinajstić information content (AvgIpc) is 3.11. The third kappa shape index (κ3) is 4.07. The van der Waals surface area contributed by atoms with E-state index in [1.165, 1.54) is 15.8 Å². The standard InChI is InChI=1S/C18H20N4S/c1-19-18(21-11-9-15-5-4-12-23-15)22-13-14-8-10-20-17-7-3-2-6-16(14)17/h2-8,10,12H,9,11,13H2,1H3,(H2,19,21,22). The Morgan fingerprint density at radius 1 is 1.13 bits per heavy atom. The lowest BCUT2D eigenvalue weighted by Gasteiger charge is -2.12. The lowest BCUT2D eigenvalue weighted by Crippen LogP contribution is -2.37. The summed E-state index contributed by atoms with van der Waals surface area (Å²) in [6.07, 6.45) is 2.86. The van der Waals surface area contributed by atoms with Crippen molar-refractivity contribution in [2.24, 2.45) is 4.99 Å². The molecule has 23 heavy (non-hydrogen) atoms. The molecule has 2 N–H and O–H groups in total. The molecule has 0 aliphatic carbocycles. The maximum Gasteiger partial charge on any atom is 0.191 e. The summed E-state index contributed by atoms with van der Waals surface area (Å²) in [7, 11) is 1.80. The first kappa shape index (κ1) is 15.5. The largest absolute Gasteiger partial charge is 0.356 e. The molecule has 3 rings (SSSR count). The predicted octanol–water partition coefficient (Wildman–Crippen LogP) is 3.20. The molecule has 0 amide bonds. The van der Waals surface area contributed by atoms with Crippen molar-refractivity contribution in [3.63, 3.8) is 0 Å². The van der Waals surface area contributed by atoms with Gasteiger partial charge in [0.15, 0.2) is 5.96 Å². The zero-order valence-corrected chi connectivity index (χ0v) is 13.9. The highest BCUT2D eigenvalue weighted by Gasteiger charge is 2.03. The molecule has 0 spiro atoms. The Hall–Kier alpha value is -2.40. The molecular weight excluding hydrogens is 304 g/mol. The van der Waals surface area contributed by atoms with Crippen molar-refractivity contribution in [2.45, 2.75) is 13.0 Å². The number of aliphatic imine (C=N–C) groups is 1. The van der Waals surface area contributed by atoms with E-state index in [1.54, 1.807) is 18.4 Å². The molecule has 0 radical (unpaired) electrons. The molecule has 0 fully saturated rings. The van der Waals surface area contributed by atoms with Gasteiger partial charge in [-0.05, 0) is 35.6 Å². The van der Waals surface area contributed by atoms with Crippen LogP contribution in [0.3, 0.4) is 0 Å². The van der Waals surface area contributed by atoms with Crippen LogP contribution in [0.1, 0.15) is 10.4 Å². The van der Waals surface area contributed by atoms with Gasteiger partial charge in [-0.25, -0.2) is 0 Å². The van der Waals surface area contributed by atoms with E-state index >= 15 is 0 Å². The molecule has 0 saturated heterocycles. The van der Waals surface area contributed by atoms with Crippen LogP contribution >= 0.6 is 11.3 Å². The fourth-order valence-electron chi connectivity index (χ4n) is 2.47. The number of aromatic nitrogens is 1. The number of guanidine groups is 1. The third-order valence-corrected chi connectivity index (χ3v) is 4.59. The van der Waals surface area contributed by atoms with Crippen molar-refractivity contribution in [1.29, 1.82) is 0 Å². The van der Waals surface area contributed by atoms with E-state index in [4.69, 9.17) is 0 Å². The van der Waals surface area contributed by atoms with Gasteiger partial charge in [-0.3, -0.25) is 9.98 Å². The number of hydrogen-bond donors (Lipinski definition) is 2. The van der Waals surface area contributed by atoms with E-state index < -0.39 is 0 Å². The number of pyridine rings is 1. The molecule has 5 heteroatoms.